The molecule has 6 heteroatoms. The molecule has 2 aromatic carbocycles. The Morgan fingerprint density at radius 3 is 2.32 bits per heavy atom. The summed E-state index contributed by atoms with van der Waals surface area (Å²) in [6, 6.07) is 13.0. The van der Waals surface area contributed by atoms with E-state index in [1.54, 1.807) is 36.2 Å². The fourth-order valence-corrected chi connectivity index (χ4v) is 3.08. The molecule has 2 rings (SSSR count). The maximum Gasteiger partial charge on any atom is 0.238 e. The zero-order valence-electron chi connectivity index (χ0n) is 16.8. The Morgan fingerprint density at radius 1 is 1.04 bits per heavy atom. The van der Waals surface area contributed by atoms with Crippen LogP contribution in [-0.2, 0) is 9.59 Å². The highest BCUT2D eigenvalue weighted by Crippen LogP contribution is 2.21. The number of anilines is 2. The van der Waals surface area contributed by atoms with Gasteiger partial charge in [0.25, 0.3) is 0 Å². The molecule has 6 nitrogen and oxygen atoms in total. The molecule has 0 fully saturated rings. The Bertz CT molecular complexity index is 892. The Balaban J connectivity index is 1.84. The average Bonchev–Trinajstić information content (AvgIpc) is 2.63. The highest BCUT2D eigenvalue weighted by atomic mass is 16.2. The van der Waals surface area contributed by atoms with Crippen molar-refractivity contribution in [2.75, 3.05) is 30.8 Å². The standard InChI is InChI=1S/C22H26N4O2/c1-15-11-16(2)22(17(3)12-15)25-21(28)14-26(4)10-9-20(27)24-19-8-6-5-7-18(19)13-23/h5-8,11-12H,9-10,14H2,1-4H3,(H,24,27)(H,25,28). The molecule has 0 radical (unpaired) electrons. The van der Waals surface area contributed by atoms with Crippen LogP contribution in [0.25, 0.3) is 0 Å². The van der Waals surface area contributed by atoms with E-state index in [0.717, 1.165) is 22.4 Å². The molecule has 0 heterocycles. The number of hydrogen-bond acceptors (Lipinski definition) is 4. The molecule has 0 saturated carbocycles. The second-order valence-corrected chi connectivity index (χ2v) is 7.02. The van der Waals surface area contributed by atoms with Gasteiger partial charge in [0.05, 0.1) is 17.8 Å². The summed E-state index contributed by atoms with van der Waals surface area (Å²) < 4.78 is 0. The Labute approximate surface area is 166 Å². The molecule has 0 aliphatic carbocycles. The number of para-hydroxylation sites is 1. The number of aryl methyl sites for hydroxylation is 3. The minimum Gasteiger partial charge on any atom is -0.325 e. The van der Waals surface area contributed by atoms with Crippen LogP contribution in [0.3, 0.4) is 0 Å². The molecule has 0 atom stereocenters. The average molecular weight is 378 g/mol. The summed E-state index contributed by atoms with van der Waals surface area (Å²) in [4.78, 5) is 26.3. The molecule has 28 heavy (non-hydrogen) atoms. The van der Waals surface area contributed by atoms with E-state index in [0.29, 0.717) is 17.8 Å². The third-order valence-electron chi connectivity index (χ3n) is 4.40. The van der Waals surface area contributed by atoms with Gasteiger partial charge in [-0.15, -0.1) is 0 Å². The van der Waals surface area contributed by atoms with Gasteiger partial charge >= 0.3 is 0 Å². The van der Waals surface area contributed by atoms with Crippen molar-refractivity contribution in [3.63, 3.8) is 0 Å². The third-order valence-corrected chi connectivity index (χ3v) is 4.40. The minimum absolute atomic E-state index is 0.118. The third kappa shape index (κ3) is 5.93. The zero-order valence-corrected chi connectivity index (χ0v) is 16.8. The SMILES string of the molecule is Cc1cc(C)c(NC(=O)CN(C)CCC(=O)Nc2ccccc2C#N)c(C)c1. The number of benzene rings is 2. The fourth-order valence-electron chi connectivity index (χ4n) is 3.08. The van der Waals surface area contributed by atoms with Crippen LogP contribution in [0.4, 0.5) is 11.4 Å². The largest absolute Gasteiger partial charge is 0.325 e. The van der Waals surface area contributed by atoms with Gasteiger partial charge in [0.2, 0.25) is 11.8 Å². The Morgan fingerprint density at radius 2 is 1.68 bits per heavy atom. The summed E-state index contributed by atoms with van der Waals surface area (Å²) in [5, 5.41) is 14.8. The van der Waals surface area contributed by atoms with Crippen molar-refractivity contribution in [2.45, 2.75) is 27.2 Å². The van der Waals surface area contributed by atoms with E-state index in [2.05, 4.69) is 10.6 Å². The molecular weight excluding hydrogens is 352 g/mol. The highest BCUT2D eigenvalue weighted by Gasteiger charge is 2.12. The molecule has 2 amide bonds. The van der Waals surface area contributed by atoms with Crippen LogP contribution in [0.15, 0.2) is 36.4 Å². The fraction of sp³-hybridized carbons (Fsp3) is 0.318. The van der Waals surface area contributed by atoms with Crippen LogP contribution < -0.4 is 10.6 Å². The number of nitrogens with one attached hydrogen (secondary N) is 2. The van der Waals surface area contributed by atoms with Crippen molar-refractivity contribution in [1.29, 1.82) is 5.26 Å². The van der Waals surface area contributed by atoms with E-state index in [9.17, 15) is 9.59 Å². The van der Waals surface area contributed by atoms with E-state index >= 15 is 0 Å². The van der Waals surface area contributed by atoms with Crippen molar-refractivity contribution >= 4 is 23.2 Å². The summed E-state index contributed by atoms with van der Waals surface area (Å²) in [6.45, 7) is 6.60. The van der Waals surface area contributed by atoms with E-state index < -0.39 is 0 Å². The number of likely N-dealkylation sites (N-methyl/N-ethyl adjacent to an activating group) is 1. The molecule has 146 valence electrons. The molecule has 0 saturated heterocycles. The van der Waals surface area contributed by atoms with Gasteiger partial charge in [-0.2, -0.15) is 5.26 Å². The summed E-state index contributed by atoms with van der Waals surface area (Å²) in [5.74, 6) is -0.312. The lowest BCUT2D eigenvalue weighted by Gasteiger charge is -2.18. The molecule has 0 unspecified atom stereocenters. The molecule has 0 aliphatic rings. The first kappa shape index (κ1) is 21.1. The van der Waals surface area contributed by atoms with Crippen LogP contribution >= 0.6 is 0 Å². The topological polar surface area (TPSA) is 85.2 Å². The van der Waals surface area contributed by atoms with Crippen molar-refractivity contribution in [1.82, 2.24) is 4.90 Å². The second kappa shape index (κ2) is 9.67. The zero-order chi connectivity index (χ0) is 20.7. The van der Waals surface area contributed by atoms with Gasteiger partial charge in [0.15, 0.2) is 0 Å². The molecule has 0 spiro atoms. The molecule has 0 bridgehead atoms. The highest BCUT2D eigenvalue weighted by molar-refractivity contribution is 5.94. The first-order valence-corrected chi connectivity index (χ1v) is 9.15. The first-order valence-electron chi connectivity index (χ1n) is 9.15. The van der Waals surface area contributed by atoms with E-state index in [4.69, 9.17) is 5.26 Å². The van der Waals surface area contributed by atoms with E-state index in [1.165, 1.54) is 0 Å². The quantitative estimate of drug-likeness (QED) is 0.773. The number of amides is 2. The van der Waals surface area contributed by atoms with Crippen LogP contribution in [0.5, 0.6) is 0 Å². The smallest absolute Gasteiger partial charge is 0.238 e. The van der Waals surface area contributed by atoms with Crippen molar-refractivity contribution in [3.05, 3.63) is 58.7 Å². The molecule has 0 aromatic heterocycles. The number of nitrogens with zero attached hydrogens (tertiary/aromatic N) is 2. The Kier molecular flexibility index (Phi) is 7.30. The molecule has 0 aliphatic heterocycles. The van der Waals surface area contributed by atoms with Crippen molar-refractivity contribution < 1.29 is 9.59 Å². The maximum absolute atomic E-state index is 12.3. The van der Waals surface area contributed by atoms with Gasteiger partial charge in [-0.05, 0) is 51.1 Å². The molecular formula is C22H26N4O2. The summed E-state index contributed by atoms with van der Waals surface area (Å²) in [7, 11) is 1.80. The number of nitriles is 1. The second-order valence-electron chi connectivity index (χ2n) is 7.02. The number of carbonyl (C=O) groups is 2. The van der Waals surface area contributed by atoms with Crippen LogP contribution in [0, 0.1) is 32.1 Å². The van der Waals surface area contributed by atoms with Gasteiger partial charge in [0.1, 0.15) is 6.07 Å². The van der Waals surface area contributed by atoms with Crippen LogP contribution in [0.2, 0.25) is 0 Å². The van der Waals surface area contributed by atoms with Crippen molar-refractivity contribution in [3.8, 4) is 6.07 Å². The number of hydrogen-bond donors (Lipinski definition) is 2. The predicted molar refractivity (Wildman–Crippen MR) is 111 cm³/mol. The maximum atomic E-state index is 12.3. The molecule has 2 aromatic rings. The summed E-state index contributed by atoms with van der Waals surface area (Å²) >= 11 is 0. The lowest BCUT2D eigenvalue weighted by Crippen LogP contribution is -2.32. The lowest BCUT2D eigenvalue weighted by molar-refractivity contribution is -0.119. The summed E-state index contributed by atoms with van der Waals surface area (Å²) in [6.07, 6.45) is 0.228. The minimum atomic E-state index is -0.194. The van der Waals surface area contributed by atoms with Crippen LogP contribution in [0.1, 0.15) is 28.7 Å². The van der Waals surface area contributed by atoms with E-state index in [1.807, 2.05) is 39.0 Å². The number of carbonyl (C=O) groups excluding carboxylic acids is 2. The Hall–Kier alpha value is -3.17. The van der Waals surface area contributed by atoms with Gasteiger partial charge < -0.3 is 10.6 Å². The normalized spacial score (nSPS) is 10.4. The first-order chi connectivity index (χ1) is 13.3. The number of rotatable bonds is 7. The van der Waals surface area contributed by atoms with Gasteiger partial charge in [-0.3, -0.25) is 14.5 Å². The van der Waals surface area contributed by atoms with Gasteiger partial charge in [-0.25, -0.2) is 0 Å². The van der Waals surface area contributed by atoms with Gasteiger partial charge in [-0.1, -0.05) is 29.8 Å². The summed E-state index contributed by atoms with van der Waals surface area (Å²) in [5.41, 5.74) is 4.99. The monoisotopic (exact) mass is 378 g/mol. The molecule has 2 N–H and O–H groups in total. The van der Waals surface area contributed by atoms with Crippen LogP contribution in [-0.4, -0.2) is 36.9 Å². The van der Waals surface area contributed by atoms with E-state index in [-0.39, 0.29) is 24.8 Å². The lowest BCUT2D eigenvalue weighted by atomic mass is 10.1. The predicted octanol–water partition coefficient (Wildman–Crippen LogP) is 3.38. The van der Waals surface area contributed by atoms with Crippen molar-refractivity contribution in [2.24, 2.45) is 0 Å². The van der Waals surface area contributed by atoms with Gasteiger partial charge in [0, 0.05) is 18.7 Å².